The first-order valence-corrected chi connectivity index (χ1v) is 12.2. The Morgan fingerprint density at radius 2 is 1.74 bits per heavy atom. The van der Waals surface area contributed by atoms with E-state index in [4.69, 9.17) is 5.10 Å². The topological polar surface area (TPSA) is 59.0 Å². The predicted molar refractivity (Wildman–Crippen MR) is 149 cm³/mol. The Labute approximate surface area is 234 Å². The molecule has 3 atom stereocenters. The lowest BCUT2D eigenvalue weighted by atomic mass is 9.90. The van der Waals surface area contributed by atoms with Crippen LogP contribution in [0, 0.1) is 0 Å². The van der Waals surface area contributed by atoms with Crippen LogP contribution in [0.5, 0.6) is 0 Å². The van der Waals surface area contributed by atoms with Crippen molar-refractivity contribution >= 4 is 36.4 Å². The number of anilines is 1. The minimum Gasteiger partial charge on any atom is -0.325 e. The van der Waals surface area contributed by atoms with Crippen molar-refractivity contribution < 1.29 is 18.0 Å². The number of halogens is 5. The van der Waals surface area contributed by atoms with E-state index < -0.39 is 23.8 Å². The maximum absolute atomic E-state index is 13.4. The van der Waals surface area contributed by atoms with E-state index in [1.807, 2.05) is 62.0 Å². The standard InChI is InChI=1S/C28H33F3N4O.2ClH/c1-17(2)18-8-7-11-21(15-18)32-26(36)24-16-22(23-12-13-35(34-23)27(3,4)5)25(33-24)19-9-6-10-20(14-19)28(29,30)31;;/h6-15,17,22,24-25,33H,16H2,1-5H3,(H,32,36);2*1H/t22?,24-,25-;;/m0../s1. The number of nitrogens with zero attached hydrogens (tertiary/aromatic N) is 2. The van der Waals surface area contributed by atoms with Gasteiger partial charge < -0.3 is 5.32 Å². The van der Waals surface area contributed by atoms with Gasteiger partial charge in [0.15, 0.2) is 0 Å². The zero-order chi connectivity index (χ0) is 26.3. The van der Waals surface area contributed by atoms with Crippen LogP contribution < -0.4 is 10.6 Å². The molecular formula is C28H35Cl2F3N4O. The molecule has 38 heavy (non-hydrogen) atoms. The van der Waals surface area contributed by atoms with Crippen LogP contribution >= 0.6 is 24.8 Å². The summed E-state index contributed by atoms with van der Waals surface area (Å²) in [4.78, 5) is 13.3. The summed E-state index contributed by atoms with van der Waals surface area (Å²) in [7, 11) is 0. The lowest BCUT2D eigenvalue weighted by Gasteiger charge is -2.21. The molecule has 1 saturated heterocycles. The first-order chi connectivity index (χ1) is 16.8. The molecule has 2 N–H and O–H groups in total. The molecule has 0 saturated carbocycles. The summed E-state index contributed by atoms with van der Waals surface area (Å²) < 4.78 is 42.2. The molecule has 1 aliphatic heterocycles. The fourth-order valence-corrected chi connectivity index (χ4v) is 4.62. The fraction of sp³-hybridized carbons (Fsp3) is 0.429. The number of aromatic nitrogens is 2. The van der Waals surface area contributed by atoms with Crippen molar-refractivity contribution in [2.45, 2.75) is 76.7 Å². The van der Waals surface area contributed by atoms with Gasteiger partial charge in [-0.3, -0.25) is 14.8 Å². The van der Waals surface area contributed by atoms with Gasteiger partial charge in [-0.2, -0.15) is 18.3 Å². The summed E-state index contributed by atoms with van der Waals surface area (Å²) in [5.74, 6) is -0.167. The van der Waals surface area contributed by atoms with E-state index in [2.05, 4.69) is 24.5 Å². The third-order valence-corrected chi connectivity index (χ3v) is 6.66. The van der Waals surface area contributed by atoms with E-state index in [-0.39, 0.29) is 42.2 Å². The summed E-state index contributed by atoms with van der Waals surface area (Å²) in [5.41, 5.74) is 2.09. The van der Waals surface area contributed by atoms with E-state index in [0.29, 0.717) is 23.6 Å². The van der Waals surface area contributed by atoms with Gasteiger partial charge in [0, 0.05) is 23.8 Å². The van der Waals surface area contributed by atoms with Crippen molar-refractivity contribution in [2.24, 2.45) is 0 Å². The highest BCUT2D eigenvalue weighted by molar-refractivity contribution is 5.95. The van der Waals surface area contributed by atoms with Crippen molar-refractivity contribution in [1.29, 1.82) is 0 Å². The Hall–Kier alpha value is -2.55. The van der Waals surface area contributed by atoms with E-state index in [9.17, 15) is 18.0 Å². The van der Waals surface area contributed by atoms with Gasteiger partial charge >= 0.3 is 6.18 Å². The highest BCUT2D eigenvalue weighted by Gasteiger charge is 2.41. The molecule has 0 bridgehead atoms. The molecule has 3 aromatic rings. The molecule has 0 radical (unpaired) electrons. The minimum absolute atomic E-state index is 0. The van der Waals surface area contributed by atoms with Crippen LogP contribution in [0.15, 0.2) is 60.8 Å². The van der Waals surface area contributed by atoms with Gasteiger partial charge in [-0.1, -0.05) is 38.1 Å². The van der Waals surface area contributed by atoms with Crippen LogP contribution in [0.25, 0.3) is 0 Å². The number of nitrogens with one attached hydrogen (secondary N) is 2. The van der Waals surface area contributed by atoms with Gasteiger partial charge in [0.2, 0.25) is 5.91 Å². The molecule has 4 rings (SSSR count). The maximum Gasteiger partial charge on any atom is 0.416 e. The zero-order valence-electron chi connectivity index (χ0n) is 22.0. The van der Waals surface area contributed by atoms with Gasteiger partial charge in [-0.25, -0.2) is 0 Å². The van der Waals surface area contributed by atoms with Crippen molar-refractivity contribution in [2.75, 3.05) is 5.32 Å². The van der Waals surface area contributed by atoms with E-state index in [1.165, 1.54) is 6.07 Å². The summed E-state index contributed by atoms with van der Waals surface area (Å²) in [6.45, 7) is 10.3. The van der Waals surface area contributed by atoms with Gasteiger partial charge in [-0.05, 0) is 74.6 Å². The fourth-order valence-electron chi connectivity index (χ4n) is 4.62. The largest absolute Gasteiger partial charge is 0.416 e. The van der Waals surface area contributed by atoms with Gasteiger partial charge in [0.25, 0.3) is 0 Å². The number of carbonyl (C=O) groups is 1. The second kappa shape index (κ2) is 12.1. The molecule has 208 valence electrons. The first kappa shape index (κ1) is 31.7. The minimum atomic E-state index is -4.45. The second-order valence-electron chi connectivity index (χ2n) is 10.8. The summed E-state index contributed by atoms with van der Waals surface area (Å²) in [6, 6.07) is 13.8. The zero-order valence-corrected chi connectivity index (χ0v) is 23.7. The third-order valence-electron chi connectivity index (χ3n) is 6.66. The molecule has 5 nitrogen and oxygen atoms in total. The summed E-state index contributed by atoms with van der Waals surface area (Å²) in [6.07, 6.45) is -2.16. The number of rotatable bonds is 5. The molecule has 1 unspecified atom stereocenters. The molecule has 2 aromatic carbocycles. The van der Waals surface area contributed by atoms with Gasteiger partial charge in [-0.15, -0.1) is 24.8 Å². The van der Waals surface area contributed by atoms with E-state index >= 15 is 0 Å². The maximum atomic E-state index is 13.4. The molecule has 2 heterocycles. The molecule has 0 aliphatic carbocycles. The number of hydrogen-bond acceptors (Lipinski definition) is 3. The van der Waals surface area contributed by atoms with Crippen LogP contribution in [0.1, 0.15) is 81.3 Å². The van der Waals surface area contributed by atoms with E-state index in [1.54, 1.807) is 6.07 Å². The molecule has 0 spiro atoms. The first-order valence-electron chi connectivity index (χ1n) is 12.2. The second-order valence-corrected chi connectivity index (χ2v) is 10.8. The molecule has 1 amide bonds. The van der Waals surface area contributed by atoms with E-state index in [0.717, 1.165) is 23.4 Å². The highest BCUT2D eigenvalue weighted by atomic mass is 35.5. The number of carbonyl (C=O) groups excluding carboxylic acids is 1. The van der Waals surface area contributed by atoms with Crippen molar-refractivity contribution in [1.82, 2.24) is 15.1 Å². The smallest absolute Gasteiger partial charge is 0.325 e. The number of amides is 1. The van der Waals surface area contributed by atoms with Crippen molar-refractivity contribution in [3.63, 3.8) is 0 Å². The normalized spacial score (nSPS) is 19.6. The molecule has 1 aliphatic rings. The number of alkyl halides is 3. The molecular weight excluding hydrogens is 536 g/mol. The van der Waals surface area contributed by atoms with Gasteiger partial charge in [0.05, 0.1) is 22.8 Å². The monoisotopic (exact) mass is 570 g/mol. The van der Waals surface area contributed by atoms with Crippen LogP contribution in [0.4, 0.5) is 18.9 Å². The number of hydrogen-bond donors (Lipinski definition) is 2. The highest BCUT2D eigenvalue weighted by Crippen LogP contribution is 2.41. The van der Waals surface area contributed by atoms with Crippen LogP contribution in [0.2, 0.25) is 0 Å². The molecule has 1 fully saturated rings. The average Bonchev–Trinajstić information content (AvgIpc) is 3.46. The lowest BCUT2D eigenvalue weighted by molar-refractivity contribution is -0.137. The molecule has 10 heteroatoms. The Balaban J connectivity index is 0.00000253. The van der Waals surface area contributed by atoms with Crippen LogP contribution in [-0.4, -0.2) is 21.7 Å². The lowest BCUT2D eigenvalue weighted by Crippen LogP contribution is -2.36. The Morgan fingerprint density at radius 3 is 2.34 bits per heavy atom. The molecule has 1 aromatic heterocycles. The number of benzene rings is 2. The van der Waals surface area contributed by atoms with Crippen LogP contribution in [-0.2, 0) is 16.5 Å². The Morgan fingerprint density at radius 1 is 1.05 bits per heavy atom. The van der Waals surface area contributed by atoms with Crippen LogP contribution in [0.3, 0.4) is 0 Å². The summed E-state index contributed by atoms with van der Waals surface area (Å²) in [5, 5.41) is 11.0. The SMILES string of the molecule is CC(C)c1cccc(NC(=O)[C@@H]2CC(c3ccn(C(C)(C)C)n3)[C@H](c3cccc(C(F)(F)F)c3)N2)c1.Cl.Cl. The van der Waals surface area contributed by atoms with Crippen molar-refractivity contribution in [3.05, 3.63) is 83.2 Å². The third kappa shape index (κ3) is 7.10. The Kier molecular flexibility index (Phi) is 10.1. The Bertz CT molecular complexity index is 1240. The summed E-state index contributed by atoms with van der Waals surface area (Å²) >= 11 is 0. The average molecular weight is 572 g/mol. The van der Waals surface area contributed by atoms with Crippen molar-refractivity contribution in [3.8, 4) is 0 Å². The predicted octanol–water partition coefficient (Wildman–Crippen LogP) is 7.45. The quantitative estimate of drug-likeness (QED) is 0.335. The van der Waals surface area contributed by atoms with Gasteiger partial charge in [0.1, 0.15) is 0 Å².